The van der Waals surface area contributed by atoms with E-state index < -0.39 is 0 Å². The second-order valence-electron chi connectivity index (χ2n) is 4.33. The molecule has 100 valence electrons. The first-order valence-electron chi connectivity index (χ1n) is 6.31. The zero-order chi connectivity index (χ0) is 13.4. The smallest absolute Gasteiger partial charge is 0.220 e. The lowest BCUT2D eigenvalue weighted by atomic mass is 10.1. The van der Waals surface area contributed by atoms with E-state index in [4.69, 9.17) is 11.6 Å². The number of rotatable bonds is 7. The van der Waals surface area contributed by atoms with Crippen molar-refractivity contribution in [3.63, 3.8) is 0 Å². The molecule has 1 amide bonds. The molecule has 1 atom stereocenters. The third kappa shape index (κ3) is 6.03. The lowest BCUT2D eigenvalue weighted by Gasteiger charge is -2.08. The second kappa shape index (κ2) is 8.11. The molecule has 1 aromatic rings. The summed E-state index contributed by atoms with van der Waals surface area (Å²) in [5, 5.41) is 12.8. The first kappa shape index (κ1) is 15.0. The Balaban J connectivity index is 2.21. The summed E-state index contributed by atoms with van der Waals surface area (Å²) in [7, 11) is 0. The summed E-state index contributed by atoms with van der Waals surface area (Å²) < 4.78 is 0. The van der Waals surface area contributed by atoms with Crippen molar-refractivity contribution in [1.29, 1.82) is 0 Å². The molecular formula is C14H20ClNO2. The van der Waals surface area contributed by atoms with Crippen LogP contribution in [0.4, 0.5) is 0 Å². The van der Waals surface area contributed by atoms with Crippen LogP contribution in [0.15, 0.2) is 24.3 Å². The standard InChI is InChI=1S/C14H20ClNO2/c1-2-13(17)8-9-16-14(18)7-6-11-4-3-5-12(15)10-11/h3-5,10,13,17H,2,6-9H2,1H3,(H,16,18). The van der Waals surface area contributed by atoms with Crippen molar-refractivity contribution in [2.24, 2.45) is 0 Å². The maximum Gasteiger partial charge on any atom is 0.220 e. The van der Waals surface area contributed by atoms with Gasteiger partial charge in [0.2, 0.25) is 5.91 Å². The first-order valence-corrected chi connectivity index (χ1v) is 6.68. The monoisotopic (exact) mass is 269 g/mol. The van der Waals surface area contributed by atoms with Crippen LogP contribution in [0.5, 0.6) is 0 Å². The van der Waals surface area contributed by atoms with Crippen LogP contribution in [0.2, 0.25) is 5.02 Å². The molecule has 1 unspecified atom stereocenters. The predicted octanol–water partition coefficient (Wildman–Crippen LogP) is 2.55. The molecule has 0 spiro atoms. The highest BCUT2D eigenvalue weighted by Crippen LogP contribution is 2.12. The summed E-state index contributed by atoms with van der Waals surface area (Å²) in [6, 6.07) is 7.53. The average Bonchev–Trinajstić information content (AvgIpc) is 2.36. The molecule has 0 aliphatic heterocycles. The van der Waals surface area contributed by atoms with E-state index in [0.717, 1.165) is 12.0 Å². The van der Waals surface area contributed by atoms with Crippen molar-refractivity contribution < 1.29 is 9.90 Å². The number of aryl methyl sites for hydroxylation is 1. The minimum atomic E-state index is -0.321. The molecule has 0 aliphatic rings. The first-order chi connectivity index (χ1) is 8.61. The minimum absolute atomic E-state index is 0.0123. The summed E-state index contributed by atoms with van der Waals surface area (Å²) in [5.74, 6) is 0.0123. The van der Waals surface area contributed by atoms with E-state index in [9.17, 15) is 9.90 Å². The highest BCUT2D eigenvalue weighted by Gasteiger charge is 2.04. The van der Waals surface area contributed by atoms with Crippen molar-refractivity contribution in [1.82, 2.24) is 5.32 Å². The fraction of sp³-hybridized carbons (Fsp3) is 0.500. The van der Waals surface area contributed by atoms with Crippen molar-refractivity contribution >= 4 is 17.5 Å². The number of carbonyl (C=O) groups is 1. The van der Waals surface area contributed by atoms with Crippen LogP contribution < -0.4 is 5.32 Å². The van der Waals surface area contributed by atoms with E-state index in [1.54, 1.807) is 0 Å². The van der Waals surface area contributed by atoms with Gasteiger partial charge in [0.1, 0.15) is 0 Å². The fourth-order valence-corrected chi connectivity index (χ4v) is 1.83. The molecule has 0 radical (unpaired) electrons. The van der Waals surface area contributed by atoms with Gasteiger partial charge in [0.15, 0.2) is 0 Å². The van der Waals surface area contributed by atoms with Crippen molar-refractivity contribution in [2.75, 3.05) is 6.54 Å². The summed E-state index contributed by atoms with van der Waals surface area (Å²) in [5.41, 5.74) is 1.06. The van der Waals surface area contributed by atoms with Crippen LogP contribution in [-0.2, 0) is 11.2 Å². The molecule has 0 bridgehead atoms. The summed E-state index contributed by atoms with van der Waals surface area (Å²) in [6.07, 6.45) is 2.14. The SMILES string of the molecule is CCC(O)CCNC(=O)CCc1cccc(Cl)c1. The maximum atomic E-state index is 11.5. The third-order valence-electron chi connectivity index (χ3n) is 2.80. The Hall–Kier alpha value is -1.06. The van der Waals surface area contributed by atoms with Gasteiger partial charge in [0, 0.05) is 18.0 Å². The van der Waals surface area contributed by atoms with E-state index >= 15 is 0 Å². The third-order valence-corrected chi connectivity index (χ3v) is 3.04. The Morgan fingerprint density at radius 2 is 2.28 bits per heavy atom. The lowest BCUT2D eigenvalue weighted by molar-refractivity contribution is -0.121. The minimum Gasteiger partial charge on any atom is -0.393 e. The second-order valence-corrected chi connectivity index (χ2v) is 4.77. The molecule has 0 saturated heterocycles. The molecule has 0 aliphatic carbocycles. The van der Waals surface area contributed by atoms with Gasteiger partial charge in [0.25, 0.3) is 0 Å². The summed E-state index contributed by atoms with van der Waals surface area (Å²) in [6.45, 7) is 2.45. The zero-order valence-electron chi connectivity index (χ0n) is 10.7. The number of hydrogen-bond donors (Lipinski definition) is 2. The van der Waals surface area contributed by atoms with Gasteiger partial charge in [-0.3, -0.25) is 4.79 Å². The highest BCUT2D eigenvalue weighted by atomic mass is 35.5. The zero-order valence-corrected chi connectivity index (χ0v) is 11.4. The van der Waals surface area contributed by atoms with Crippen molar-refractivity contribution in [2.45, 2.75) is 38.7 Å². The molecule has 1 rings (SSSR count). The Morgan fingerprint density at radius 3 is 2.94 bits per heavy atom. The van der Waals surface area contributed by atoms with Gasteiger partial charge in [-0.25, -0.2) is 0 Å². The van der Waals surface area contributed by atoms with Crippen molar-refractivity contribution in [3.05, 3.63) is 34.9 Å². The molecule has 0 aromatic heterocycles. The largest absolute Gasteiger partial charge is 0.393 e. The van der Waals surface area contributed by atoms with Crippen molar-refractivity contribution in [3.8, 4) is 0 Å². The van der Waals surface area contributed by atoms with Crippen LogP contribution in [0.3, 0.4) is 0 Å². The number of amides is 1. The van der Waals surface area contributed by atoms with Crippen LogP contribution in [0, 0.1) is 0 Å². The number of hydrogen-bond acceptors (Lipinski definition) is 2. The predicted molar refractivity (Wildman–Crippen MR) is 73.7 cm³/mol. The number of benzene rings is 1. The quantitative estimate of drug-likeness (QED) is 0.799. The van der Waals surface area contributed by atoms with E-state index in [2.05, 4.69) is 5.32 Å². The highest BCUT2D eigenvalue weighted by molar-refractivity contribution is 6.30. The molecule has 0 fully saturated rings. The van der Waals surface area contributed by atoms with Gasteiger partial charge in [-0.1, -0.05) is 30.7 Å². The average molecular weight is 270 g/mol. The van der Waals surface area contributed by atoms with Crippen LogP contribution in [0.1, 0.15) is 31.7 Å². The van der Waals surface area contributed by atoms with Crippen LogP contribution in [-0.4, -0.2) is 23.7 Å². The molecule has 3 nitrogen and oxygen atoms in total. The summed E-state index contributed by atoms with van der Waals surface area (Å²) >= 11 is 5.87. The molecule has 4 heteroatoms. The van der Waals surface area contributed by atoms with E-state index in [1.807, 2.05) is 31.2 Å². The Labute approximate surface area is 113 Å². The Morgan fingerprint density at radius 1 is 1.50 bits per heavy atom. The van der Waals surface area contributed by atoms with Crippen LogP contribution in [0.25, 0.3) is 0 Å². The van der Waals surface area contributed by atoms with Gasteiger partial charge in [-0.15, -0.1) is 0 Å². The van der Waals surface area contributed by atoms with Gasteiger partial charge in [0.05, 0.1) is 6.10 Å². The number of aliphatic hydroxyl groups is 1. The van der Waals surface area contributed by atoms with Gasteiger partial charge in [-0.2, -0.15) is 0 Å². The number of aliphatic hydroxyl groups excluding tert-OH is 1. The molecule has 0 heterocycles. The normalized spacial score (nSPS) is 12.2. The van der Waals surface area contributed by atoms with Gasteiger partial charge >= 0.3 is 0 Å². The number of carbonyl (C=O) groups excluding carboxylic acids is 1. The molecular weight excluding hydrogens is 250 g/mol. The van der Waals surface area contributed by atoms with Crippen LogP contribution >= 0.6 is 11.6 Å². The molecule has 2 N–H and O–H groups in total. The molecule has 18 heavy (non-hydrogen) atoms. The number of halogens is 1. The van der Waals surface area contributed by atoms with E-state index in [-0.39, 0.29) is 12.0 Å². The number of nitrogens with one attached hydrogen (secondary N) is 1. The molecule has 1 aromatic carbocycles. The van der Waals surface area contributed by atoms with Gasteiger partial charge in [-0.05, 0) is 37.0 Å². The topological polar surface area (TPSA) is 49.3 Å². The molecule has 0 saturated carbocycles. The van der Waals surface area contributed by atoms with E-state index in [1.165, 1.54) is 0 Å². The Kier molecular flexibility index (Phi) is 6.76. The van der Waals surface area contributed by atoms with E-state index in [0.29, 0.717) is 30.8 Å². The Bertz CT molecular complexity index is 382. The lowest BCUT2D eigenvalue weighted by Crippen LogP contribution is -2.27. The van der Waals surface area contributed by atoms with Gasteiger partial charge < -0.3 is 10.4 Å². The summed E-state index contributed by atoms with van der Waals surface area (Å²) in [4.78, 5) is 11.5. The maximum absolute atomic E-state index is 11.5. The fourth-order valence-electron chi connectivity index (χ4n) is 1.62.